The second kappa shape index (κ2) is 8.51. The smallest absolute Gasteiger partial charge is 0.318 e. The molecule has 2 heterocycles. The molecule has 0 saturated carbocycles. The van der Waals surface area contributed by atoms with Crippen molar-refractivity contribution in [3.63, 3.8) is 0 Å². The molecule has 1 unspecified atom stereocenters. The monoisotopic (exact) mass is 379 g/mol. The van der Waals surface area contributed by atoms with Gasteiger partial charge in [-0.3, -0.25) is 9.69 Å². The number of likely N-dealkylation sites (tertiary alicyclic amines) is 1. The number of nitrogens with zero attached hydrogens (tertiary/aromatic N) is 3. The summed E-state index contributed by atoms with van der Waals surface area (Å²) in [6.45, 7) is 4.23. The zero-order valence-corrected chi connectivity index (χ0v) is 15.7. The van der Waals surface area contributed by atoms with E-state index in [1.807, 2.05) is 0 Å². The summed E-state index contributed by atoms with van der Waals surface area (Å²) in [5.41, 5.74) is 0.657. The molecule has 1 aliphatic heterocycles. The van der Waals surface area contributed by atoms with Crippen molar-refractivity contribution < 1.29 is 19.0 Å². The summed E-state index contributed by atoms with van der Waals surface area (Å²) in [4.78, 5) is 22.2. The van der Waals surface area contributed by atoms with Gasteiger partial charge >= 0.3 is 12.0 Å². The predicted octanol–water partition coefficient (Wildman–Crippen LogP) is 2.70. The SMILES string of the molecule is COc1ccc2nc(OCC(CN3CCCC3)OC(C)=O)nc(Cl)c2c1. The highest BCUT2D eigenvalue weighted by atomic mass is 35.5. The third kappa shape index (κ3) is 4.74. The number of hydrogen-bond acceptors (Lipinski definition) is 7. The normalized spacial score (nSPS) is 15.8. The zero-order chi connectivity index (χ0) is 18.5. The van der Waals surface area contributed by atoms with Gasteiger partial charge in [0.2, 0.25) is 0 Å². The molecular formula is C18H22ClN3O4. The molecule has 0 N–H and O–H groups in total. The molecule has 0 aliphatic carbocycles. The number of aromatic nitrogens is 2. The summed E-state index contributed by atoms with van der Waals surface area (Å²) in [5, 5.41) is 0.972. The Labute approximate surface area is 157 Å². The van der Waals surface area contributed by atoms with Gasteiger partial charge < -0.3 is 14.2 Å². The van der Waals surface area contributed by atoms with E-state index in [0.717, 1.165) is 13.1 Å². The zero-order valence-electron chi connectivity index (χ0n) is 14.9. The fourth-order valence-electron chi connectivity index (χ4n) is 3.02. The molecule has 0 spiro atoms. The lowest BCUT2D eigenvalue weighted by atomic mass is 10.2. The van der Waals surface area contributed by atoms with Crippen LogP contribution in [0.3, 0.4) is 0 Å². The summed E-state index contributed by atoms with van der Waals surface area (Å²) in [7, 11) is 1.59. The van der Waals surface area contributed by atoms with Crippen LogP contribution >= 0.6 is 11.6 Å². The van der Waals surface area contributed by atoms with Crippen LogP contribution in [0.15, 0.2) is 18.2 Å². The molecule has 3 rings (SSSR count). The first-order chi connectivity index (χ1) is 12.5. The quantitative estimate of drug-likeness (QED) is 0.540. The van der Waals surface area contributed by atoms with Gasteiger partial charge in [0.25, 0.3) is 0 Å². The average molecular weight is 380 g/mol. The highest BCUT2D eigenvalue weighted by Crippen LogP contribution is 2.26. The molecule has 7 nitrogen and oxygen atoms in total. The summed E-state index contributed by atoms with van der Waals surface area (Å²) in [6.07, 6.45) is 1.96. The van der Waals surface area contributed by atoms with Crippen molar-refractivity contribution >= 4 is 28.5 Å². The Hall–Kier alpha value is -2.12. The highest BCUT2D eigenvalue weighted by molar-refractivity contribution is 6.34. The number of rotatable bonds is 7. The van der Waals surface area contributed by atoms with Crippen molar-refractivity contribution in [3.05, 3.63) is 23.4 Å². The van der Waals surface area contributed by atoms with Crippen LogP contribution in [0, 0.1) is 0 Å². The first-order valence-corrected chi connectivity index (χ1v) is 8.96. The van der Waals surface area contributed by atoms with Gasteiger partial charge in [-0.05, 0) is 44.1 Å². The van der Waals surface area contributed by atoms with Crippen LogP contribution in [-0.4, -0.2) is 60.3 Å². The molecule has 1 atom stereocenters. The molecule has 2 aromatic rings. The van der Waals surface area contributed by atoms with Gasteiger partial charge in [0.15, 0.2) is 0 Å². The number of carbonyl (C=O) groups is 1. The van der Waals surface area contributed by atoms with Crippen LogP contribution < -0.4 is 9.47 Å². The predicted molar refractivity (Wildman–Crippen MR) is 97.8 cm³/mol. The Morgan fingerprint density at radius 1 is 1.31 bits per heavy atom. The number of methoxy groups -OCH3 is 1. The van der Waals surface area contributed by atoms with Crippen LogP contribution in [0.25, 0.3) is 10.9 Å². The first-order valence-electron chi connectivity index (χ1n) is 8.59. The number of carbonyl (C=O) groups excluding carboxylic acids is 1. The number of fused-ring (bicyclic) bond motifs is 1. The van der Waals surface area contributed by atoms with Crippen molar-refractivity contribution in [1.29, 1.82) is 0 Å². The third-order valence-corrected chi connectivity index (χ3v) is 4.52. The van der Waals surface area contributed by atoms with Crippen LogP contribution in [-0.2, 0) is 9.53 Å². The third-order valence-electron chi connectivity index (χ3n) is 4.23. The van der Waals surface area contributed by atoms with E-state index in [4.69, 9.17) is 25.8 Å². The van der Waals surface area contributed by atoms with Crippen LogP contribution in [0.1, 0.15) is 19.8 Å². The molecule has 1 fully saturated rings. The molecule has 0 radical (unpaired) electrons. The molecular weight excluding hydrogens is 358 g/mol. The van der Waals surface area contributed by atoms with E-state index in [1.165, 1.54) is 19.8 Å². The van der Waals surface area contributed by atoms with Gasteiger partial charge in [-0.2, -0.15) is 9.97 Å². The van der Waals surface area contributed by atoms with E-state index >= 15 is 0 Å². The molecule has 8 heteroatoms. The van der Waals surface area contributed by atoms with E-state index in [-0.39, 0.29) is 29.8 Å². The maximum absolute atomic E-state index is 11.4. The van der Waals surface area contributed by atoms with Crippen LogP contribution in [0.5, 0.6) is 11.8 Å². The van der Waals surface area contributed by atoms with Crippen molar-refractivity contribution in [2.45, 2.75) is 25.9 Å². The molecule has 26 heavy (non-hydrogen) atoms. The minimum Gasteiger partial charge on any atom is -0.497 e. The minimum absolute atomic E-state index is 0.159. The van der Waals surface area contributed by atoms with E-state index < -0.39 is 0 Å². The van der Waals surface area contributed by atoms with Gasteiger partial charge in [-0.1, -0.05) is 11.6 Å². The van der Waals surface area contributed by atoms with Crippen molar-refractivity contribution in [2.24, 2.45) is 0 Å². The Bertz CT molecular complexity index is 780. The van der Waals surface area contributed by atoms with E-state index in [1.54, 1.807) is 25.3 Å². The largest absolute Gasteiger partial charge is 0.497 e. The molecule has 140 valence electrons. The summed E-state index contributed by atoms with van der Waals surface area (Å²) in [6, 6.07) is 5.52. The van der Waals surface area contributed by atoms with Crippen molar-refractivity contribution in [3.8, 4) is 11.8 Å². The van der Waals surface area contributed by atoms with Crippen molar-refractivity contribution in [2.75, 3.05) is 33.4 Å². The van der Waals surface area contributed by atoms with E-state index in [9.17, 15) is 4.79 Å². The van der Waals surface area contributed by atoms with Crippen LogP contribution in [0.2, 0.25) is 5.15 Å². The average Bonchev–Trinajstić information content (AvgIpc) is 3.12. The Kier molecular flexibility index (Phi) is 6.11. The molecule has 1 aliphatic rings. The molecule has 1 aromatic carbocycles. The number of esters is 1. The van der Waals surface area contributed by atoms with Gasteiger partial charge in [0.1, 0.15) is 23.6 Å². The minimum atomic E-state index is -0.375. The van der Waals surface area contributed by atoms with Gasteiger partial charge in [0, 0.05) is 18.9 Å². The Morgan fingerprint density at radius 2 is 2.08 bits per heavy atom. The van der Waals surface area contributed by atoms with E-state index in [0.29, 0.717) is 23.2 Å². The topological polar surface area (TPSA) is 73.8 Å². The Balaban J connectivity index is 1.70. The molecule has 1 saturated heterocycles. The number of hydrogen-bond donors (Lipinski definition) is 0. The molecule has 0 bridgehead atoms. The second-order valence-corrected chi connectivity index (χ2v) is 6.59. The number of ether oxygens (including phenoxy) is 3. The maximum Gasteiger partial charge on any atom is 0.318 e. The fraction of sp³-hybridized carbons (Fsp3) is 0.500. The molecule has 1 aromatic heterocycles. The highest BCUT2D eigenvalue weighted by Gasteiger charge is 2.21. The maximum atomic E-state index is 11.4. The van der Waals surface area contributed by atoms with Gasteiger partial charge in [0.05, 0.1) is 12.6 Å². The Morgan fingerprint density at radius 3 is 2.77 bits per heavy atom. The van der Waals surface area contributed by atoms with Crippen molar-refractivity contribution in [1.82, 2.24) is 14.9 Å². The van der Waals surface area contributed by atoms with Gasteiger partial charge in [-0.25, -0.2) is 0 Å². The summed E-state index contributed by atoms with van der Waals surface area (Å²) in [5.74, 6) is 0.347. The summed E-state index contributed by atoms with van der Waals surface area (Å²) >= 11 is 6.25. The fourth-order valence-corrected chi connectivity index (χ4v) is 3.24. The molecule has 0 amide bonds. The number of benzene rings is 1. The lowest BCUT2D eigenvalue weighted by molar-refractivity contribution is -0.148. The van der Waals surface area contributed by atoms with Crippen LogP contribution in [0.4, 0.5) is 0 Å². The second-order valence-electron chi connectivity index (χ2n) is 6.23. The number of halogens is 1. The van der Waals surface area contributed by atoms with Gasteiger partial charge in [-0.15, -0.1) is 0 Å². The lowest BCUT2D eigenvalue weighted by Gasteiger charge is -2.22. The summed E-state index contributed by atoms with van der Waals surface area (Å²) < 4.78 is 16.2. The lowest BCUT2D eigenvalue weighted by Crippen LogP contribution is -2.37. The van der Waals surface area contributed by atoms with E-state index in [2.05, 4.69) is 14.9 Å². The first kappa shape index (κ1) is 18.7. The standard InChI is InChI=1S/C18H22ClN3O4/c1-12(23)26-14(10-22-7-3-4-8-22)11-25-18-20-16-6-5-13(24-2)9-15(16)17(19)21-18/h5-6,9,14H,3-4,7-8,10-11H2,1-2H3.